The molecule has 0 spiro atoms. The lowest BCUT2D eigenvalue weighted by molar-refractivity contribution is 0.466. The molecule has 0 amide bonds. The third-order valence-electron chi connectivity index (χ3n) is 9.07. The lowest BCUT2D eigenvalue weighted by atomic mass is 9.82. The molecule has 262 valence electrons. The van der Waals surface area contributed by atoms with Gasteiger partial charge in [0.15, 0.2) is 0 Å². The van der Waals surface area contributed by atoms with Crippen molar-refractivity contribution in [3.8, 4) is 0 Å². The Kier molecular flexibility index (Phi) is 9.48. The fraction of sp³-hybridized carbons (Fsp3) is 0. The van der Waals surface area contributed by atoms with E-state index in [1.807, 2.05) is 121 Å². The molecule has 0 radical (unpaired) electrons. The Bertz CT molecular complexity index is 2210. The van der Waals surface area contributed by atoms with E-state index >= 15 is 17.6 Å². The highest BCUT2D eigenvalue weighted by Gasteiger charge is 2.31. The lowest BCUT2D eigenvalue weighted by Gasteiger charge is -2.26. The Morgan fingerprint density at radius 3 is 0.778 bits per heavy atom. The van der Waals surface area contributed by atoms with Crippen LogP contribution in [-0.4, -0.2) is 0 Å². The van der Waals surface area contributed by atoms with Crippen LogP contribution in [0.15, 0.2) is 193 Å². The maximum atomic E-state index is 16.4. The molecule has 2 nitrogen and oxygen atoms in total. The predicted octanol–water partition coefficient (Wildman–Crippen LogP) is 12.7. The van der Waals surface area contributed by atoms with Crippen molar-refractivity contribution in [1.82, 2.24) is 0 Å². The summed E-state index contributed by atoms with van der Waals surface area (Å²) >= 11 is 0. The summed E-state index contributed by atoms with van der Waals surface area (Å²) < 4.78 is 78.6. The number of ether oxygens (including phenoxy) is 2. The van der Waals surface area contributed by atoms with Crippen LogP contribution in [0, 0.1) is 23.3 Å². The van der Waals surface area contributed by atoms with Gasteiger partial charge in [0.25, 0.3) is 0 Å². The number of allylic oxidation sites excluding steroid dienone is 8. The summed E-state index contributed by atoms with van der Waals surface area (Å²) in [5, 5.41) is 0. The quantitative estimate of drug-likeness (QED) is 0.153. The second-order valence-electron chi connectivity index (χ2n) is 12.6. The Morgan fingerprint density at radius 2 is 0.537 bits per heavy atom. The highest BCUT2D eigenvalue weighted by atomic mass is 19.1. The van der Waals surface area contributed by atoms with Crippen LogP contribution in [0.25, 0.3) is 34.2 Å². The average Bonchev–Trinajstić information content (AvgIpc) is 3.22. The topological polar surface area (TPSA) is 18.5 Å². The molecule has 0 aromatic heterocycles. The van der Waals surface area contributed by atoms with Gasteiger partial charge in [-0.2, -0.15) is 0 Å². The molecule has 2 heterocycles. The second kappa shape index (κ2) is 15.0. The Morgan fingerprint density at radius 1 is 0.296 bits per heavy atom. The molecule has 0 N–H and O–H groups in total. The third-order valence-corrected chi connectivity index (χ3v) is 9.07. The van der Waals surface area contributed by atoms with E-state index in [1.54, 1.807) is 24.3 Å². The lowest BCUT2D eigenvalue weighted by Crippen LogP contribution is -2.09. The van der Waals surface area contributed by atoms with Gasteiger partial charge >= 0.3 is 0 Å². The van der Waals surface area contributed by atoms with Gasteiger partial charge in [0.2, 0.25) is 0 Å². The van der Waals surface area contributed by atoms with E-state index in [1.165, 1.54) is 12.1 Å². The van der Waals surface area contributed by atoms with Gasteiger partial charge in [-0.05, 0) is 59.7 Å². The summed E-state index contributed by atoms with van der Waals surface area (Å²) in [4.78, 5) is 0. The molecule has 54 heavy (non-hydrogen) atoms. The van der Waals surface area contributed by atoms with Gasteiger partial charge in [-0.25, -0.2) is 17.6 Å². The van der Waals surface area contributed by atoms with Crippen LogP contribution in [0.3, 0.4) is 0 Å². The number of rotatable bonds is 7. The van der Waals surface area contributed by atoms with Gasteiger partial charge in [0, 0.05) is 33.4 Å². The fourth-order valence-corrected chi connectivity index (χ4v) is 6.57. The first kappa shape index (κ1) is 34.2. The normalized spacial score (nSPS) is 13.9. The third kappa shape index (κ3) is 6.85. The summed E-state index contributed by atoms with van der Waals surface area (Å²) in [6.07, 6.45) is 6.58. The molecule has 8 rings (SSSR count). The Hall–Kier alpha value is -6.92. The first-order valence-corrected chi connectivity index (χ1v) is 17.3. The standard InChI is InChI=1S/C48H30F4O2/c49-37-23-13-24-38(50)47(37)45(35-27-41(31-15-5-1-6-16-31)53-42(28-35)32-17-7-2-8-18-32)46(48-39(51)25-14-26-40(48)52)36-29-43(33-19-9-3-10-20-33)54-44(30-36)34-21-11-4-12-22-34/h1-30H. The largest absolute Gasteiger partial charge is 0.456 e. The SMILES string of the molecule is Fc1cccc(F)c1C(=C1C=C(c2ccccc2)OC(c2ccccc2)=C1)C(=C1C=C(c2ccccc2)OC(c2ccccc2)=C1)c1c(F)cccc1F. The maximum Gasteiger partial charge on any atom is 0.135 e. The molecule has 2 aliphatic rings. The van der Waals surface area contributed by atoms with E-state index in [2.05, 4.69) is 0 Å². The summed E-state index contributed by atoms with van der Waals surface area (Å²) in [6, 6.07) is 44.0. The van der Waals surface area contributed by atoms with Crippen LogP contribution < -0.4 is 0 Å². The minimum atomic E-state index is -0.922. The second-order valence-corrected chi connectivity index (χ2v) is 12.6. The molecule has 0 saturated heterocycles. The molecular formula is C48H30F4O2. The van der Waals surface area contributed by atoms with E-state index in [4.69, 9.17) is 9.47 Å². The number of halogens is 4. The van der Waals surface area contributed by atoms with Gasteiger partial charge in [0.05, 0.1) is 11.1 Å². The van der Waals surface area contributed by atoms with Crippen LogP contribution in [-0.2, 0) is 9.47 Å². The smallest absolute Gasteiger partial charge is 0.135 e. The van der Waals surface area contributed by atoms with Gasteiger partial charge in [-0.1, -0.05) is 133 Å². The molecule has 6 aromatic rings. The van der Waals surface area contributed by atoms with Crippen molar-refractivity contribution < 1.29 is 27.0 Å². The molecule has 0 fully saturated rings. The van der Waals surface area contributed by atoms with Crippen molar-refractivity contribution in [3.63, 3.8) is 0 Å². The molecule has 0 saturated carbocycles. The molecule has 0 aliphatic carbocycles. The monoisotopic (exact) mass is 714 g/mol. The molecule has 0 atom stereocenters. The molecule has 6 aromatic carbocycles. The highest BCUT2D eigenvalue weighted by molar-refractivity contribution is 6.12. The zero-order valence-corrected chi connectivity index (χ0v) is 28.6. The van der Waals surface area contributed by atoms with E-state index in [0.717, 1.165) is 24.3 Å². The van der Waals surface area contributed by atoms with Crippen molar-refractivity contribution in [1.29, 1.82) is 0 Å². The van der Waals surface area contributed by atoms with Gasteiger partial charge in [-0.15, -0.1) is 0 Å². The maximum absolute atomic E-state index is 16.4. The van der Waals surface area contributed by atoms with Crippen molar-refractivity contribution >= 4 is 34.2 Å². The highest BCUT2D eigenvalue weighted by Crippen LogP contribution is 2.47. The van der Waals surface area contributed by atoms with Crippen molar-refractivity contribution in [2.24, 2.45) is 0 Å². The summed E-state index contributed by atoms with van der Waals surface area (Å²) in [7, 11) is 0. The average molecular weight is 715 g/mol. The van der Waals surface area contributed by atoms with Gasteiger partial charge < -0.3 is 9.47 Å². The van der Waals surface area contributed by atoms with E-state index in [0.29, 0.717) is 45.3 Å². The van der Waals surface area contributed by atoms with Crippen molar-refractivity contribution in [2.45, 2.75) is 0 Å². The Balaban J connectivity index is 1.56. The zero-order chi connectivity index (χ0) is 37.0. The minimum absolute atomic E-state index is 0.0935. The number of hydrogen-bond donors (Lipinski definition) is 0. The van der Waals surface area contributed by atoms with E-state index in [-0.39, 0.29) is 22.3 Å². The van der Waals surface area contributed by atoms with Crippen LogP contribution in [0.5, 0.6) is 0 Å². The summed E-state index contributed by atoms with van der Waals surface area (Å²) in [5.41, 5.74) is 2.10. The Labute approximate surface area is 310 Å². The molecule has 0 unspecified atom stereocenters. The van der Waals surface area contributed by atoms with Crippen LogP contribution in [0.2, 0.25) is 0 Å². The number of hydrogen-bond acceptors (Lipinski definition) is 2. The molecule has 2 aliphatic heterocycles. The first-order valence-electron chi connectivity index (χ1n) is 17.3. The van der Waals surface area contributed by atoms with Gasteiger partial charge in [-0.3, -0.25) is 0 Å². The van der Waals surface area contributed by atoms with E-state index < -0.39 is 34.4 Å². The van der Waals surface area contributed by atoms with Crippen LogP contribution in [0.1, 0.15) is 33.4 Å². The predicted molar refractivity (Wildman–Crippen MR) is 206 cm³/mol. The van der Waals surface area contributed by atoms with Crippen LogP contribution in [0.4, 0.5) is 17.6 Å². The number of benzene rings is 6. The summed E-state index contributed by atoms with van der Waals surface area (Å²) in [5.74, 6) is -2.21. The fourth-order valence-electron chi connectivity index (χ4n) is 6.57. The molecule has 6 heteroatoms. The first-order chi connectivity index (χ1) is 26.4. The van der Waals surface area contributed by atoms with E-state index in [9.17, 15) is 0 Å². The summed E-state index contributed by atoms with van der Waals surface area (Å²) in [6.45, 7) is 0. The minimum Gasteiger partial charge on any atom is -0.456 e. The van der Waals surface area contributed by atoms with Crippen LogP contribution >= 0.6 is 0 Å². The molecular weight excluding hydrogens is 685 g/mol. The zero-order valence-electron chi connectivity index (χ0n) is 28.6. The van der Waals surface area contributed by atoms with Crippen molar-refractivity contribution in [3.05, 3.63) is 250 Å². The molecule has 0 bridgehead atoms. The van der Waals surface area contributed by atoms with Crippen molar-refractivity contribution in [2.75, 3.05) is 0 Å². The van der Waals surface area contributed by atoms with Gasteiger partial charge in [0.1, 0.15) is 46.3 Å².